The van der Waals surface area contributed by atoms with Gasteiger partial charge >= 0.3 is 24.2 Å². The van der Waals surface area contributed by atoms with E-state index in [9.17, 15) is 9.59 Å². The molecule has 16 heteroatoms. The zero-order valence-electron chi connectivity index (χ0n) is 12.5. The minimum atomic E-state index is -1.43. The zero-order valence-corrected chi connectivity index (χ0v) is 14.2. The molecule has 0 saturated heterocycles. The normalized spacial score (nSPS) is 9.85. The van der Waals surface area contributed by atoms with Gasteiger partial charge in [0, 0.05) is 0 Å². The molecule has 0 bridgehead atoms. The van der Waals surface area contributed by atoms with Crippen LogP contribution in [0.25, 0.3) is 0 Å². The highest BCUT2D eigenvalue weighted by molar-refractivity contribution is 7.97. The van der Waals surface area contributed by atoms with Gasteiger partial charge in [0.25, 0.3) is 0 Å². The highest BCUT2D eigenvalue weighted by Gasteiger charge is 2.21. The number of amides is 2. The standard InChI is InChI=1S/C10H12N6O8S2/c11-7(12)21-23-25-15(9(17)18)5-1-2-6(4-3-5)16(10(19)20)26-24-22-8(13)14/h1-4H,(H3,11,12)(H3,13,14)(H,17,18)(H,19,20). The van der Waals surface area contributed by atoms with E-state index in [1.807, 2.05) is 0 Å². The van der Waals surface area contributed by atoms with Crippen LogP contribution in [-0.2, 0) is 18.4 Å². The van der Waals surface area contributed by atoms with E-state index >= 15 is 0 Å². The van der Waals surface area contributed by atoms with Crippen molar-refractivity contribution in [3.63, 3.8) is 0 Å². The Bertz CT molecular complexity index is 617. The van der Waals surface area contributed by atoms with E-state index in [0.29, 0.717) is 8.61 Å². The number of rotatable bonds is 8. The first-order valence-electron chi connectivity index (χ1n) is 6.09. The van der Waals surface area contributed by atoms with Crippen LogP contribution < -0.4 is 20.1 Å². The number of carboxylic acid groups (broad SMARTS) is 2. The second-order valence-corrected chi connectivity index (χ2v) is 5.15. The molecule has 8 N–H and O–H groups in total. The number of amidine groups is 2. The molecule has 0 saturated carbocycles. The van der Waals surface area contributed by atoms with Crippen molar-refractivity contribution >= 4 is 60.1 Å². The molecule has 0 aromatic heterocycles. The molecule has 0 unspecified atom stereocenters. The predicted molar refractivity (Wildman–Crippen MR) is 90.8 cm³/mol. The molecule has 1 rings (SSSR count). The molecule has 1 aromatic carbocycles. The van der Waals surface area contributed by atoms with Crippen molar-refractivity contribution in [1.29, 1.82) is 10.8 Å². The number of hydrogen-bond acceptors (Lipinski definition) is 10. The Morgan fingerprint density at radius 2 is 1.15 bits per heavy atom. The first-order valence-corrected chi connectivity index (χ1v) is 7.49. The van der Waals surface area contributed by atoms with E-state index in [2.05, 4.69) is 18.4 Å². The van der Waals surface area contributed by atoms with Crippen molar-refractivity contribution in [2.45, 2.75) is 0 Å². The van der Waals surface area contributed by atoms with Crippen LogP contribution in [0.5, 0.6) is 0 Å². The summed E-state index contributed by atoms with van der Waals surface area (Å²) < 4.78 is 10.0. The fraction of sp³-hybridized carbons (Fsp3) is 0. The third kappa shape index (κ3) is 6.81. The molecule has 0 aliphatic rings. The van der Waals surface area contributed by atoms with Crippen molar-refractivity contribution in [2.75, 3.05) is 8.61 Å². The fourth-order valence-electron chi connectivity index (χ4n) is 1.26. The van der Waals surface area contributed by atoms with Crippen LogP contribution in [0.4, 0.5) is 21.0 Å². The van der Waals surface area contributed by atoms with Gasteiger partial charge in [0.1, 0.15) is 0 Å². The van der Waals surface area contributed by atoms with Gasteiger partial charge in [0.2, 0.25) is 0 Å². The van der Waals surface area contributed by atoms with E-state index < -0.39 is 24.2 Å². The molecule has 0 aliphatic carbocycles. The molecule has 0 aliphatic heterocycles. The highest BCUT2D eigenvalue weighted by atomic mass is 32.2. The smallest absolute Gasteiger partial charge is 0.424 e. The lowest BCUT2D eigenvalue weighted by Gasteiger charge is -2.18. The van der Waals surface area contributed by atoms with Gasteiger partial charge < -0.3 is 21.7 Å². The molecule has 26 heavy (non-hydrogen) atoms. The van der Waals surface area contributed by atoms with E-state index in [1.165, 1.54) is 24.3 Å². The second kappa shape index (κ2) is 10.0. The van der Waals surface area contributed by atoms with Gasteiger partial charge in [-0.05, 0) is 24.3 Å². The molecule has 2 amide bonds. The van der Waals surface area contributed by atoms with Crippen LogP contribution in [0, 0.1) is 10.8 Å². The first kappa shape index (κ1) is 21.0. The van der Waals surface area contributed by atoms with Crippen LogP contribution in [0.2, 0.25) is 0 Å². The zero-order chi connectivity index (χ0) is 19.7. The average Bonchev–Trinajstić information content (AvgIpc) is 2.55. The fourth-order valence-corrected chi connectivity index (χ4v) is 2.13. The van der Waals surface area contributed by atoms with Crippen molar-refractivity contribution in [3.05, 3.63) is 24.3 Å². The van der Waals surface area contributed by atoms with E-state index in [-0.39, 0.29) is 35.8 Å². The number of benzene rings is 1. The molecule has 14 nitrogen and oxygen atoms in total. The summed E-state index contributed by atoms with van der Waals surface area (Å²) >= 11 is 0.444. The summed E-state index contributed by atoms with van der Waals surface area (Å²) in [7, 11) is 0. The summed E-state index contributed by atoms with van der Waals surface area (Å²) in [5.74, 6) is 0. The molecule has 0 radical (unpaired) electrons. The number of hydrogen-bond donors (Lipinski definition) is 6. The lowest BCUT2D eigenvalue weighted by Crippen LogP contribution is -2.24. The Balaban J connectivity index is 2.84. The summed E-state index contributed by atoms with van der Waals surface area (Å²) in [6, 6.07) is 3.48. The molecular formula is C10H12N6O8S2. The van der Waals surface area contributed by atoms with Crippen molar-refractivity contribution in [3.8, 4) is 0 Å². The minimum Gasteiger partial charge on any atom is -0.464 e. The lowest BCUT2D eigenvalue weighted by atomic mass is 10.3. The maximum absolute atomic E-state index is 11.2. The number of nitrogens with two attached hydrogens (primary N) is 2. The predicted octanol–water partition coefficient (Wildman–Crippen LogP) is 1.47. The topological polar surface area (TPSA) is 218 Å². The summed E-state index contributed by atoms with van der Waals surface area (Å²) in [4.78, 5) is 30.8. The van der Waals surface area contributed by atoms with E-state index in [0.717, 1.165) is 0 Å². The van der Waals surface area contributed by atoms with Crippen molar-refractivity contribution < 1.29 is 38.2 Å². The maximum atomic E-state index is 11.2. The minimum absolute atomic E-state index is 0.0784. The van der Waals surface area contributed by atoms with Crippen LogP contribution in [-0.4, -0.2) is 34.4 Å². The molecule has 0 spiro atoms. The number of anilines is 2. The average molecular weight is 408 g/mol. The van der Waals surface area contributed by atoms with Crippen LogP contribution in [0.1, 0.15) is 0 Å². The second-order valence-electron chi connectivity index (χ2n) is 3.85. The number of nitrogens with one attached hydrogen (secondary N) is 2. The van der Waals surface area contributed by atoms with Gasteiger partial charge in [0.15, 0.2) is 24.5 Å². The highest BCUT2D eigenvalue weighted by Crippen LogP contribution is 2.29. The monoisotopic (exact) mass is 408 g/mol. The Kier molecular flexibility index (Phi) is 8.09. The SMILES string of the molecule is N=C(N)OOSN(C(=O)O)c1ccc(N(SOOC(=N)N)C(=O)O)cc1. The maximum Gasteiger partial charge on any atom is 0.424 e. The summed E-state index contributed by atoms with van der Waals surface area (Å²) in [5.41, 5.74) is 9.92. The van der Waals surface area contributed by atoms with Crippen LogP contribution >= 0.6 is 24.5 Å². The van der Waals surface area contributed by atoms with E-state index in [1.54, 1.807) is 0 Å². The summed E-state index contributed by atoms with van der Waals surface area (Å²) in [6.45, 7) is 0. The lowest BCUT2D eigenvalue weighted by molar-refractivity contribution is -0.0979. The van der Waals surface area contributed by atoms with Crippen molar-refractivity contribution in [1.82, 2.24) is 0 Å². The Morgan fingerprint density at radius 1 is 0.846 bits per heavy atom. The quantitative estimate of drug-likeness (QED) is 0.0899. The van der Waals surface area contributed by atoms with Gasteiger partial charge in [-0.1, -0.05) is 8.67 Å². The largest absolute Gasteiger partial charge is 0.464 e. The molecule has 142 valence electrons. The van der Waals surface area contributed by atoms with Gasteiger partial charge in [-0.25, -0.2) is 20.4 Å². The molecule has 0 heterocycles. The van der Waals surface area contributed by atoms with Crippen LogP contribution in [0.3, 0.4) is 0 Å². The summed E-state index contributed by atoms with van der Waals surface area (Å²) in [6.07, 6.45) is -2.87. The van der Waals surface area contributed by atoms with Crippen LogP contribution in [0.15, 0.2) is 24.3 Å². The number of carbonyl (C=O) groups is 2. The van der Waals surface area contributed by atoms with Gasteiger partial charge in [-0.2, -0.15) is 8.61 Å². The third-order valence-electron chi connectivity index (χ3n) is 2.12. The Labute approximate surface area is 154 Å². The Morgan fingerprint density at radius 3 is 1.38 bits per heavy atom. The van der Waals surface area contributed by atoms with Gasteiger partial charge in [-0.3, -0.25) is 9.78 Å². The third-order valence-corrected chi connectivity index (χ3v) is 3.41. The van der Waals surface area contributed by atoms with Gasteiger partial charge in [0.05, 0.1) is 11.4 Å². The first-order chi connectivity index (χ1) is 12.2. The van der Waals surface area contributed by atoms with Crippen molar-refractivity contribution in [2.24, 2.45) is 11.5 Å². The molecule has 0 atom stereocenters. The molecule has 1 aromatic rings. The summed E-state index contributed by atoms with van der Waals surface area (Å²) in [5, 5.41) is 31.9. The Hall–Kier alpha value is -3.08. The van der Waals surface area contributed by atoms with E-state index in [4.69, 9.17) is 32.5 Å². The van der Waals surface area contributed by atoms with Gasteiger partial charge in [-0.15, -0.1) is 0 Å². The molecular weight excluding hydrogens is 396 g/mol. The molecule has 0 fully saturated rings. The number of nitrogens with zero attached hydrogens (tertiary/aromatic N) is 2.